The normalized spacial score (nSPS) is 13.1. The minimum absolute atomic E-state index is 0.143. The molecule has 7 heteroatoms. The van der Waals surface area contributed by atoms with Gasteiger partial charge in [-0.2, -0.15) is 5.10 Å². The molecule has 22 heavy (non-hydrogen) atoms. The van der Waals surface area contributed by atoms with Crippen LogP contribution in [0.5, 0.6) is 0 Å². The largest absolute Gasteiger partial charge is 0.351 e. The molecular formula is C15H17N5O2. The van der Waals surface area contributed by atoms with E-state index in [2.05, 4.69) is 15.5 Å². The third-order valence-corrected chi connectivity index (χ3v) is 3.70. The van der Waals surface area contributed by atoms with Gasteiger partial charge in [0, 0.05) is 18.1 Å². The number of nitrogens with two attached hydrogens (primary N) is 1. The number of nitrogens with zero attached hydrogens (tertiary/aromatic N) is 2. The Hall–Kier alpha value is -2.83. The lowest BCUT2D eigenvalue weighted by Crippen LogP contribution is -2.31. The molecule has 0 atom stereocenters. The number of aryl methyl sites for hydroxylation is 1. The van der Waals surface area contributed by atoms with Crippen LogP contribution in [0.25, 0.3) is 11.3 Å². The highest BCUT2D eigenvalue weighted by Crippen LogP contribution is 2.35. The number of nitrogens with one attached hydrogen (secondary N) is 2. The van der Waals surface area contributed by atoms with Gasteiger partial charge in [-0.15, -0.1) is 0 Å². The number of aromatic amines is 1. The summed E-state index contributed by atoms with van der Waals surface area (Å²) >= 11 is 0. The van der Waals surface area contributed by atoms with Crippen molar-refractivity contribution >= 4 is 17.6 Å². The van der Waals surface area contributed by atoms with E-state index in [9.17, 15) is 9.59 Å². The van der Waals surface area contributed by atoms with Gasteiger partial charge in [0.05, 0.1) is 30.2 Å². The van der Waals surface area contributed by atoms with E-state index in [1.807, 2.05) is 25.1 Å². The molecule has 1 aliphatic rings. The second-order valence-electron chi connectivity index (χ2n) is 5.45. The highest BCUT2D eigenvalue weighted by Gasteiger charge is 2.28. The van der Waals surface area contributed by atoms with Crippen LogP contribution in [0.3, 0.4) is 0 Å². The Labute approximate surface area is 127 Å². The monoisotopic (exact) mass is 299 g/mol. The summed E-state index contributed by atoms with van der Waals surface area (Å²) in [6.07, 6.45) is 0. The number of H-pyrrole nitrogens is 1. The number of rotatable bonds is 2. The van der Waals surface area contributed by atoms with Crippen molar-refractivity contribution in [1.82, 2.24) is 15.1 Å². The van der Waals surface area contributed by atoms with Gasteiger partial charge in [0.1, 0.15) is 0 Å². The van der Waals surface area contributed by atoms with Crippen molar-refractivity contribution in [3.63, 3.8) is 0 Å². The molecule has 0 saturated carbocycles. The molecule has 2 heterocycles. The predicted octanol–water partition coefficient (Wildman–Crippen LogP) is 1.74. The summed E-state index contributed by atoms with van der Waals surface area (Å²) in [6, 6.07) is 5.29. The van der Waals surface area contributed by atoms with Crippen LogP contribution in [0.4, 0.5) is 10.5 Å². The smallest absolute Gasteiger partial charge is 0.315 e. The molecule has 0 unspecified atom stereocenters. The van der Waals surface area contributed by atoms with Gasteiger partial charge in [0.2, 0.25) is 5.91 Å². The van der Waals surface area contributed by atoms with Crippen molar-refractivity contribution in [2.24, 2.45) is 5.73 Å². The van der Waals surface area contributed by atoms with Gasteiger partial charge in [-0.1, -0.05) is 11.6 Å². The van der Waals surface area contributed by atoms with E-state index in [0.29, 0.717) is 18.8 Å². The van der Waals surface area contributed by atoms with E-state index in [0.717, 1.165) is 28.1 Å². The summed E-state index contributed by atoms with van der Waals surface area (Å²) < 4.78 is 0. The second kappa shape index (κ2) is 5.18. The Morgan fingerprint density at radius 1 is 1.36 bits per heavy atom. The molecule has 3 amide bonds. The van der Waals surface area contributed by atoms with Crippen LogP contribution in [0.2, 0.25) is 0 Å². The molecule has 0 fully saturated rings. The van der Waals surface area contributed by atoms with Crippen LogP contribution in [0.15, 0.2) is 18.2 Å². The molecule has 0 aliphatic carbocycles. The molecule has 0 bridgehead atoms. The third kappa shape index (κ3) is 2.41. The van der Waals surface area contributed by atoms with E-state index < -0.39 is 6.03 Å². The van der Waals surface area contributed by atoms with Crippen LogP contribution in [-0.2, 0) is 17.9 Å². The Morgan fingerprint density at radius 3 is 2.82 bits per heavy atom. The summed E-state index contributed by atoms with van der Waals surface area (Å²) in [5.74, 6) is -0.143. The highest BCUT2D eigenvalue weighted by molar-refractivity contribution is 5.94. The number of amides is 3. The van der Waals surface area contributed by atoms with E-state index in [4.69, 9.17) is 5.73 Å². The van der Waals surface area contributed by atoms with Crippen molar-refractivity contribution in [3.8, 4) is 11.3 Å². The Bertz CT molecular complexity index is 765. The standard InChI is InChI=1S/C15H17N5O2/c1-8-3-4-12(17-9(2)21)10(5-8)14-11-6-20(15(16)22)7-13(11)18-19-14/h3-5H,6-7H2,1-2H3,(H2,16,22)(H,17,21)(H,18,19). The van der Waals surface area contributed by atoms with E-state index >= 15 is 0 Å². The summed E-state index contributed by atoms with van der Waals surface area (Å²) in [7, 11) is 0. The average molecular weight is 299 g/mol. The number of hydrogen-bond donors (Lipinski definition) is 3. The quantitative estimate of drug-likeness (QED) is 0.786. The minimum Gasteiger partial charge on any atom is -0.351 e. The summed E-state index contributed by atoms with van der Waals surface area (Å²) in [4.78, 5) is 24.3. The van der Waals surface area contributed by atoms with E-state index in [1.165, 1.54) is 6.92 Å². The molecule has 1 aromatic heterocycles. The van der Waals surface area contributed by atoms with Gasteiger partial charge >= 0.3 is 6.03 Å². The molecule has 114 valence electrons. The summed E-state index contributed by atoms with van der Waals surface area (Å²) in [6.45, 7) is 4.29. The average Bonchev–Trinajstić information content (AvgIpc) is 3.00. The first-order valence-corrected chi connectivity index (χ1v) is 6.95. The maximum Gasteiger partial charge on any atom is 0.315 e. The fourth-order valence-corrected chi connectivity index (χ4v) is 2.67. The zero-order valence-electron chi connectivity index (χ0n) is 12.4. The van der Waals surface area contributed by atoms with Gasteiger partial charge in [-0.25, -0.2) is 4.79 Å². The fraction of sp³-hybridized carbons (Fsp3) is 0.267. The topological polar surface area (TPSA) is 104 Å². The Balaban J connectivity index is 2.05. The lowest BCUT2D eigenvalue weighted by Gasteiger charge is -2.13. The van der Waals surface area contributed by atoms with Gasteiger partial charge in [0.15, 0.2) is 0 Å². The molecule has 3 rings (SSSR count). The number of carbonyl (C=O) groups excluding carboxylic acids is 2. The maximum atomic E-state index is 11.4. The minimum atomic E-state index is -0.457. The van der Waals surface area contributed by atoms with Gasteiger partial charge in [-0.3, -0.25) is 9.89 Å². The van der Waals surface area contributed by atoms with Crippen LogP contribution >= 0.6 is 0 Å². The Morgan fingerprint density at radius 2 is 2.14 bits per heavy atom. The number of primary amides is 1. The first kappa shape index (κ1) is 14.1. The van der Waals surface area contributed by atoms with E-state index in [1.54, 1.807) is 4.90 Å². The molecule has 1 aromatic carbocycles. The van der Waals surface area contributed by atoms with Crippen molar-refractivity contribution in [2.45, 2.75) is 26.9 Å². The number of anilines is 1. The van der Waals surface area contributed by atoms with Crippen molar-refractivity contribution in [2.75, 3.05) is 5.32 Å². The SMILES string of the molecule is CC(=O)Nc1ccc(C)cc1-c1n[nH]c2c1CN(C(N)=O)C2. The molecule has 1 aliphatic heterocycles. The molecule has 4 N–H and O–H groups in total. The third-order valence-electron chi connectivity index (χ3n) is 3.70. The lowest BCUT2D eigenvalue weighted by atomic mass is 10.0. The first-order valence-electron chi connectivity index (χ1n) is 6.95. The first-order chi connectivity index (χ1) is 10.5. The van der Waals surface area contributed by atoms with Gasteiger partial charge < -0.3 is 16.0 Å². The molecule has 0 saturated heterocycles. The molecule has 2 aromatic rings. The molecule has 0 radical (unpaired) electrons. The van der Waals surface area contributed by atoms with Gasteiger partial charge in [-0.05, 0) is 19.1 Å². The van der Waals surface area contributed by atoms with Crippen molar-refractivity contribution in [3.05, 3.63) is 35.0 Å². The molecular weight excluding hydrogens is 282 g/mol. The van der Waals surface area contributed by atoms with Crippen molar-refractivity contribution in [1.29, 1.82) is 0 Å². The highest BCUT2D eigenvalue weighted by atomic mass is 16.2. The Kier molecular flexibility index (Phi) is 3.32. The molecule has 0 spiro atoms. The number of carbonyl (C=O) groups is 2. The van der Waals surface area contributed by atoms with Crippen LogP contribution < -0.4 is 11.1 Å². The lowest BCUT2D eigenvalue weighted by molar-refractivity contribution is -0.114. The number of fused-ring (bicyclic) bond motifs is 1. The number of benzene rings is 1. The summed E-state index contributed by atoms with van der Waals surface area (Å²) in [5.41, 5.74) is 10.5. The van der Waals surface area contributed by atoms with Crippen LogP contribution in [0.1, 0.15) is 23.7 Å². The maximum absolute atomic E-state index is 11.4. The van der Waals surface area contributed by atoms with Crippen LogP contribution in [-0.4, -0.2) is 27.0 Å². The number of urea groups is 1. The second-order valence-corrected chi connectivity index (χ2v) is 5.45. The van der Waals surface area contributed by atoms with Crippen LogP contribution in [0, 0.1) is 6.92 Å². The van der Waals surface area contributed by atoms with E-state index in [-0.39, 0.29) is 5.91 Å². The molecule has 7 nitrogen and oxygen atoms in total. The fourth-order valence-electron chi connectivity index (χ4n) is 2.67. The zero-order chi connectivity index (χ0) is 15.9. The van der Waals surface area contributed by atoms with Crippen molar-refractivity contribution < 1.29 is 9.59 Å². The zero-order valence-corrected chi connectivity index (χ0v) is 12.4. The number of hydrogen-bond acceptors (Lipinski definition) is 3. The predicted molar refractivity (Wildman–Crippen MR) is 81.9 cm³/mol. The number of aromatic nitrogens is 2. The summed E-state index contributed by atoms with van der Waals surface area (Å²) in [5, 5.41) is 10.1. The van der Waals surface area contributed by atoms with Gasteiger partial charge in [0.25, 0.3) is 0 Å².